The first-order chi connectivity index (χ1) is 12.1. The van der Waals surface area contributed by atoms with Crippen molar-refractivity contribution in [1.29, 1.82) is 5.26 Å². The fourth-order valence-electron chi connectivity index (χ4n) is 3.47. The highest BCUT2D eigenvalue weighted by Gasteiger charge is 2.32. The molecule has 1 aliphatic rings. The predicted octanol–water partition coefficient (Wildman–Crippen LogP) is 5.00. The standard InChI is InChI=1S/C20H23N3O2/c1-14-7-12-19(25-14)15(2)23(18-5-3-4-6-18)20(24)22-17-10-8-16(13-21)9-11-17/h7-12,15,18H,3-6H2,1-2H3,(H,22,24)/t15-/m0/s1. The van der Waals surface area contributed by atoms with Crippen LogP contribution in [0.4, 0.5) is 10.5 Å². The summed E-state index contributed by atoms with van der Waals surface area (Å²) in [6.07, 6.45) is 4.33. The van der Waals surface area contributed by atoms with E-state index in [9.17, 15) is 4.79 Å². The number of furan rings is 1. The van der Waals surface area contributed by atoms with Gasteiger partial charge in [-0.2, -0.15) is 5.26 Å². The van der Waals surface area contributed by atoms with Crippen molar-refractivity contribution in [1.82, 2.24) is 4.90 Å². The highest BCUT2D eigenvalue weighted by atomic mass is 16.3. The largest absolute Gasteiger partial charge is 0.464 e. The van der Waals surface area contributed by atoms with E-state index in [2.05, 4.69) is 11.4 Å². The second-order valence-corrected chi connectivity index (χ2v) is 6.59. The van der Waals surface area contributed by atoms with Gasteiger partial charge in [-0.1, -0.05) is 12.8 Å². The van der Waals surface area contributed by atoms with Crippen molar-refractivity contribution in [2.24, 2.45) is 0 Å². The molecule has 2 aromatic rings. The molecule has 1 aliphatic carbocycles. The summed E-state index contributed by atoms with van der Waals surface area (Å²) in [6.45, 7) is 3.92. The molecule has 0 saturated heterocycles. The topological polar surface area (TPSA) is 69.3 Å². The number of nitriles is 1. The third-order valence-corrected chi connectivity index (χ3v) is 4.81. The van der Waals surface area contributed by atoms with E-state index < -0.39 is 0 Å². The van der Waals surface area contributed by atoms with Gasteiger partial charge in [-0.15, -0.1) is 0 Å². The molecule has 0 bridgehead atoms. The quantitative estimate of drug-likeness (QED) is 0.853. The van der Waals surface area contributed by atoms with Crippen LogP contribution in [0.2, 0.25) is 0 Å². The zero-order chi connectivity index (χ0) is 17.8. The van der Waals surface area contributed by atoms with Crippen molar-refractivity contribution in [3.8, 4) is 6.07 Å². The summed E-state index contributed by atoms with van der Waals surface area (Å²) < 4.78 is 5.76. The van der Waals surface area contributed by atoms with Crippen LogP contribution in [-0.2, 0) is 0 Å². The Hall–Kier alpha value is -2.74. The van der Waals surface area contributed by atoms with E-state index in [4.69, 9.17) is 9.68 Å². The Kier molecular flexibility index (Phi) is 5.08. The molecule has 25 heavy (non-hydrogen) atoms. The first-order valence-electron chi connectivity index (χ1n) is 8.74. The number of carbonyl (C=O) groups excluding carboxylic acids is 1. The summed E-state index contributed by atoms with van der Waals surface area (Å²) in [5.41, 5.74) is 1.26. The van der Waals surface area contributed by atoms with Crippen molar-refractivity contribution in [2.45, 2.75) is 51.6 Å². The van der Waals surface area contributed by atoms with Gasteiger partial charge in [0.1, 0.15) is 11.5 Å². The number of hydrogen-bond donors (Lipinski definition) is 1. The molecule has 0 unspecified atom stereocenters. The molecule has 1 saturated carbocycles. The molecule has 2 amide bonds. The molecule has 0 spiro atoms. The van der Waals surface area contributed by atoms with Gasteiger partial charge in [0.25, 0.3) is 0 Å². The maximum Gasteiger partial charge on any atom is 0.322 e. The zero-order valence-electron chi connectivity index (χ0n) is 14.7. The lowest BCUT2D eigenvalue weighted by Crippen LogP contribution is -2.43. The van der Waals surface area contributed by atoms with Gasteiger partial charge in [0.2, 0.25) is 0 Å². The first kappa shape index (κ1) is 17.1. The molecular formula is C20H23N3O2. The number of urea groups is 1. The average molecular weight is 337 g/mol. The molecule has 1 aromatic carbocycles. The van der Waals surface area contributed by atoms with Gasteiger partial charge in [-0.3, -0.25) is 0 Å². The Balaban J connectivity index is 1.80. The Bertz CT molecular complexity index is 767. The van der Waals surface area contributed by atoms with Gasteiger partial charge in [-0.25, -0.2) is 4.79 Å². The number of hydrogen-bond acceptors (Lipinski definition) is 3. The highest BCUT2D eigenvalue weighted by Crippen LogP contribution is 2.32. The van der Waals surface area contributed by atoms with Crippen LogP contribution >= 0.6 is 0 Å². The van der Waals surface area contributed by atoms with Crippen LogP contribution in [0.5, 0.6) is 0 Å². The van der Waals surface area contributed by atoms with E-state index in [1.54, 1.807) is 24.3 Å². The molecule has 5 heteroatoms. The van der Waals surface area contributed by atoms with E-state index in [1.807, 2.05) is 30.9 Å². The molecule has 3 rings (SSSR count). The number of anilines is 1. The fraction of sp³-hybridized carbons (Fsp3) is 0.400. The first-order valence-corrected chi connectivity index (χ1v) is 8.74. The smallest absolute Gasteiger partial charge is 0.322 e. The van der Waals surface area contributed by atoms with Crippen molar-refractivity contribution in [3.05, 3.63) is 53.5 Å². The van der Waals surface area contributed by atoms with E-state index in [0.717, 1.165) is 37.2 Å². The van der Waals surface area contributed by atoms with Gasteiger partial charge in [-0.05, 0) is 63.1 Å². The fourth-order valence-corrected chi connectivity index (χ4v) is 3.47. The number of nitrogens with one attached hydrogen (secondary N) is 1. The van der Waals surface area contributed by atoms with Gasteiger partial charge < -0.3 is 14.6 Å². The second kappa shape index (κ2) is 7.43. The van der Waals surface area contributed by atoms with Crippen LogP contribution in [0.3, 0.4) is 0 Å². The molecule has 1 N–H and O–H groups in total. The molecule has 0 radical (unpaired) electrons. The summed E-state index contributed by atoms with van der Waals surface area (Å²) in [7, 11) is 0. The van der Waals surface area contributed by atoms with Crippen molar-refractivity contribution in [2.75, 3.05) is 5.32 Å². The molecule has 0 aliphatic heterocycles. The lowest BCUT2D eigenvalue weighted by atomic mass is 10.1. The Morgan fingerprint density at radius 2 is 1.92 bits per heavy atom. The summed E-state index contributed by atoms with van der Waals surface area (Å²) in [4.78, 5) is 14.9. The van der Waals surface area contributed by atoms with Crippen LogP contribution in [-0.4, -0.2) is 17.0 Å². The maximum atomic E-state index is 13.0. The number of benzene rings is 1. The SMILES string of the molecule is Cc1ccc([C@H](C)N(C(=O)Nc2ccc(C#N)cc2)C2CCCC2)o1. The zero-order valence-corrected chi connectivity index (χ0v) is 14.7. The normalized spacial score (nSPS) is 15.6. The van der Waals surface area contributed by atoms with Gasteiger partial charge in [0, 0.05) is 11.7 Å². The van der Waals surface area contributed by atoms with Gasteiger partial charge in [0.15, 0.2) is 0 Å². The van der Waals surface area contributed by atoms with Crippen LogP contribution in [0.15, 0.2) is 40.8 Å². The van der Waals surface area contributed by atoms with E-state index in [0.29, 0.717) is 11.3 Å². The van der Waals surface area contributed by atoms with Crippen LogP contribution in [0.1, 0.15) is 55.7 Å². The van der Waals surface area contributed by atoms with E-state index in [1.165, 1.54) is 0 Å². The number of rotatable bonds is 4. The number of amides is 2. The average Bonchev–Trinajstić information content (AvgIpc) is 3.27. The molecule has 1 fully saturated rings. The number of nitrogens with zero attached hydrogens (tertiary/aromatic N) is 2. The van der Waals surface area contributed by atoms with Gasteiger partial charge >= 0.3 is 6.03 Å². The van der Waals surface area contributed by atoms with Crippen molar-refractivity contribution in [3.63, 3.8) is 0 Å². The van der Waals surface area contributed by atoms with E-state index >= 15 is 0 Å². The minimum atomic E-state index is -0.129. The molecular weight excluding hydrogens is 314 g/mol. The van der Waals surface area contributed by atoms with Crippen LogP contribution in [0.25, 0.3) is 0 Å². The summed E-state index contributed by atoms with van der Waals surface area (Å²) in [6, 6.07) is 12.8. The summed E-state index contributed by atoms with van der Waals surface area (Å²) >= 11 is 0. The van der Waals surface area contributed by atoms with E-state index in [-0.39, 0.29) is 18.1 Å². The number of carbonyl (C=O) groups is 1. The van der Waals surface area contributed by atoms with Gasteiger partial charge in [0.05, 0.1) is 17.7 Å². The minimum absolute atomic E-state index is 0.127. The molecule has 1 heterocycles. The second-order valence-electron chi connectivity index (χ2n) is 6.59. The Morgan fingerprint density at radius 1 is 1.24 bits per heavy atom. The van der Waals surface area contributed by atoms with Crippen LogP contribution < -0.4 is 5.32 Å². The predicted molar refractivity (Wildman–Crippen MR) is 96.1 cm³/mol. The molecule has 1 aromatic heterocycles. The third-order valence-electron chi connectivity index (χ3n) is 4.81. The monoisotopic (exact) mass is 337 g/mol. The van der Waals surface area contributed by atoms with Crippen LogP contribution in [0, 0.1) is 18.3 Å². The Labute approximate surface area is 148 Å². The molecule has 5 nitrogen and oxygen atoms in total. The maximum absolute atomic E-state index is 13.0. The molecule has 130 valence electrons. The minimum Gasteiger partial charge on any atom is -0.464 e. The lowest BCUT2D eigenvalue weighted by molar-refractivity contribution is 0.151. The third kappa shape index (κ3) is 3.85. The number of aryl methyl sites for hydroxylation is 1. The summed E-state index contributed by atoms with van der Waals surface area (Å²) in [5.74, 6) is 1.65. The lowest BCUT2D eigenvalue weighted by Gasteiger charge is -2.33. The van der Waals surface area contributed by atoms with Crippen molar-refractivity contribution < 1.29 is 9.21 Å². The Morgan fingerprint density at radius 3 is 2.48 bits per heavy atom. The van der Waals surface area contributed by atoms with Crippen molar-refractivity contribution >= 4 is 11.7 Å². The highest BCUT2D eigenvalue weighted by molar-refractivity contribution is 5.89. The summed E-state index contributed by atoms with van der Waals surface area (Å²) in [5, 5.41) is 11.9. The molecule has 1 atom stereocenters.